The molecule has 34 heavy (non-hydrogen) atoms. The molecule has 2 aromatic carbocycles. The first-order valence-electron chi connectivity index (χ1n) is 10.5. The SMILES string of the molecule is COc1ccc(CCN(CCc2ccc(OC)c(OC)c2OC)C(=O)C(N)=O)c(OC)c1OC. The summed E-state index contributed by atoms with van der Waals surface area (Å²) >= 11 is 0. The van der Waals surface area contributed by atoms with Crippen LogP contribution < -0.4 is 34.2 Å². The number of primary amides is 1. The maximum atomic E-state index is 12.5. The molecule has 10 heteroatoms. The Labute approximate surface area is 199 Å². The molecule has 186 valence electrons. The summed E-state index contributed by atoms with van der Waals surface area (Å²) in [5.41, 5.74) is 6.87. The topological polar surface area (TPSA) is 119 Å². The highest BCUT2D eigenvalue weighted by Gasteiger charge is 2.23. The van der Waals surface area contributed by atoms with Gasteiger partial charge < -0.3 is 39.1 Å². The number of methoxy groups -OCH3 is 6. The zero-order chi connectivity index (χ0) is 25.3. The summed E-state index contributed by atoms with van der Waals surface area (Å²) in [4.78, 5) is 25.6. The monoisotopic (exact) mass is 476 g/mol. The van der Waals surface area contributed by atoms with Crippen LogP contribution in [0.5, 0.6) is 34.5 Å². The summed E-state index contributed by atoms with van der Waals surface area (Å²) in [6, 6.07) is 7.16. The van der Waals surface area contributed by atoms with Crippen LogP contribution in [0, 0.1) is 0 Å². The molecule has 0 unspecified atom stereocenters. The van der Waals surface area contributed by atoms with E-state index in [1.165, 1.54) is 47.6 Å². The van der Waals surface area contributed by atoms with E-state index >= 15 is 0 Å². The Morgan fingerprint density at radius 3 is 1.32 bits per heavy atom. The van der Waals surface area contributed by atoms with Gasteiger partial charge in [-0.25, -0.2) is 0 Å². The highest BCUT2D eigenvalue weighted by molar-refractivity contribution is 6.34. The number of benzene rings is 2. The highest BCUT2D eigenvalue weighted by atomic mass is 16.5. The van der Waals surface area contributed by atoms with Crippen molar-refractivity contribution in [2.45, 2.75) is 12.8 Å². The molecule has 0 bridgehead atoms. The molecule has 0 atom stereocenters. The first-order valence-corrected chi connectivity index (χ1v) is 10.5. The van der Waals surface area contributed by atoms with E-state index in [2.05, 4.69) is 0 Å². The van der Waals surface area contributed by atoms with Gasteiger partial charge >= 0.3 is 11.8 Å². The van der Waals surface area contributed by atoms with Crippen molar-refractivity contribution in [3.05, 3.63) is 35.4 Å². The summed E-state index contributed by atoms with van der Waals surface area (Å²) in [5, 5.41) is 0. The van der Waals surface area contributed by atoms with Crippen molar-refractivity contribution in [2.75, 3.05) is 55.7 Å². The molecule has 2 aromatic rings. The molecule has 0 spiro atoms. The van der Waals surface area contributed by atoms with E-state index in [0.717, 1.165) is 11.1 Å². The fourth-order valence-corrected chi connectivity index (χ4v) is 3.70. The Hall–Kier alpha value is -3.82. The Kier molecular flexibility index (Phi) is 9.66. The van der Waals surface area contributed by atoms with Gasteiger partial charge in [0.15, 0.2) is 23.0 Å². The largest absolute Gasteiger partial charge is 0.493 e. The van der Waals surface area contributed by atoms with E-state index in [0.29, 0.717) is 47.3 Å². The van der Waals surface area contributed by atoms with Gasteiger partial charge in [0, 0.05) is 24.2 Å². The first-order chi connectivity index (χ1) is 16.4. The third-order valence-electron chi connectivity index (χ3n) is 5.37. The van der Waals surface area contributed by atoms with Crippen molar-refractivity contribution in [2.24, 2.45) is 5.73 Å². The minimum atomic E-state index is -1.03. The quantitative estimate of drug-likeness (QED) is 0.461. The van der Waals surface area contributed by atoms with Crippen LogP contribution >= 0.6 is 0 Å². The molecule has 10 nitrogen and oxygen atoms in total. The van der Waals surface area contributed by atoms with Crippen LogP contribution in [-0.2, 0) is 22.4 Å². The summed E-state index contributed by atoms with van der Waals surface area (Å²) < 4.78 is 32.5. The normalized spacial score (nSPS) is 10.3. The Bertz CT molecular complexity index is 941. The van der Waals surface area contributed by atoms with Gasteiger partial charge in [-0.05, 0) is 25.0 Å². The molecular weight excluding hydrogens is 444 g/mol. The first kappa shape index (κ1) is 26.4. The number of hydrogen-bond acceptors (Lipinski definition) is 8. The van der Waals surface area contributed by atoms with Crippen LogP contribution in [0.15, 0.2) is 24.3 Å². The summed E-state index contributed by atoms with van der Waals surface area (Å²) in [7, 11) is 9.15. The molecule has 0 heterocycles. The van der Waals surface area contributed by atoms with Crippen LogP contribution in [0.25, 0.3) is 0 Å². The lowest BCUT2D eigenvalue weighted by atomic mass is 10.1. The molecule has 2 amide bonds. The lowest BCUT2D eigenvalue weighted by Crippen LogP contribution is -2.42. The minimum Gasteiger partial charge on any atom is -0.493 e. The van der Waals surface area contributed by atoms with E-state index in [1.54, 1.807) is 12.1 Å². The maximum Gasteiger partial charge on any atom is 0.311 e. The second-order valence-electron chi connectivity index (χ2n) is 7.14. The fraction of sp³-hybridized carbons (Fsp3) is 0.417. The zero-order valence-electron chi connectivity index (χ0n) is 20.4. The smallest absolute Gasteiger partial charge is 0.311 e. The third-order valence-corrected chi connectivity index (χ3v) is 5.37. The summed E-state index contributed by atoms with van der Waals surface area (Å²) in [6.45, 7) is 0.451. The van der Waals surface area contributed by atoms with Crippen molar-refractivity contribution in [1.82, 2.24) is 4.90 Å². The average Bonchev–Trinajstić information content (AvgIpc) is 2.86. The van der Waals surface area contributed by atoms with E-state index < -0.39 is 11.8 Å². The molecule has 0 radical (unpaired) electrons. The third kappa shape index (κ3) is 5.75. The van der Waals surface area contributed by atoms with Gasteiger partial charge in [-0.2, -0.15) is 0 Å². The predicted octanol–water partition coefficient (Wildman–Crippen LogP) is 1.84. The molecule has 0 fully saturated rings. The van der Waals surface area contributed by atoms with Crippen LogP contribution in [0.2, 0.25) is 0 Å². The summed E-state index contributed by atoms with van der Waals surface area (Å²) in [6.07, 6.45) is 0.789. The number of nitrogens with zero attached hydrogens (tertiary/aromatic N) is 1. The number of rotatable bonds is 12. The molecular formula is C24H32N2O8. The Morgan fingerprint density at radius 2 is 1.03 bits per heavy atom. The molecule has 0 aromatic heterocycles. The predicted molar refractivity (Wildman–Crippen MR) is 125 cm³/mol. The molecule has 2 rings (SSSR count). The van der Waals surface area contributed by atoms with Gasteiger partial charge in [-0.3, -0.25) is 9.59 Å². The standard InChI is InChI=1S/C24H32N2O8/c1-29-17-9-7-15(19(31-3)21(17)33-5)11-13-26(24(28)23(25)27)14-12-16-8-10-18(30-2)22(34-6)20(16)32-4/h7-10H,11-14H2,1-6H3,(H2,25,27). The lowest BCUT2D eigenvalue weighted by molar-refractivity contribution is -0.144. The van der Waals surface area contributed by atoms with Crippen molar-refractivity contribution < 1.29 is 38.0 Å². The minimum absolute atomic E-state index is 0.225. The molecule has 0 saturated heterocycles. The number of nitrogens with two attached hydrogens (primary N) is 1. The van der Waals surface area contributed by atoms with Gasteiger partial charge in [0.2, 0.25) is 11.5 Å². The number of carbonyl (C=O) groups is 2. The van der Waals surface area contributed by atoms with Crippen molar-refractivity contribution in [3.8, 4) is 34.5 Å². The molecule has 0 aliphatic rings. The second kappa shape index (κ2) is 12.4. The van der Waals surface area contributed by atoms with Gasteiger partial charge in [-0.15, -0.1) is 0 Å². The molecule has 0 aliphatic heterocycles. The zero-order valence-corrected chi connectivity index (χ0v) is 20.4. The average molecular weight is 477 g/mol. The second-order valence-corrected chi connectivity index (χ2v) is 7.14. The van der Waals surface area contributed by atoms with Gasteiger partial charge in [-0.1, -0.05) is 12.1 Å². The molecule has 0 aliphatic carbocycles. The Morgan fingerprint density at radius 1 is 0.647 bits per heavy atom. The van der Waals surface area contributed by atoms with Gasteiger partial charge in [0.1, 0.15) is 0 Å². The van der Waals surface area contributed by atoms with E-state index in [9.17, 15) is 9.59 Å². The van der Waals surface area contributed by atoms with E-state index in [-0.39, 0.29) is 13.1 Å². The molecule has 2 N–H and O–H groups in total. The van der Waals surface area contributed by atoms with Crippen LogP contribution in [0.3, 0.4) is 0 Å². The van der Waals surface area contributed by atoms with Crippen LogP contribution in [-0.4, -0.2) is 72.5 Å². The van der Waals surface area contributed by atoms with Crippen LogP contribution in [0.1, 0.15) is 11.1 Å². The van der Waals surface area contributed by atoms with E-state index in [4.69, 9.17) is 34.2 Å². The molecule has 0 saturated carbocycles. The highest BCUT2D eigenvalue weighted by Crippen LogP contribution is 2.41. The lowest BCUT2D eigenvalue weighted by Gasteiger charge is -2.23. The van der Waals surface area contributed by atoms with Gasteiger partial charge in [0.25, 0.3) is 0 Å². The van der Waals surface area contributed by atoms with Gasteiger partial charge in [0.05, 0.1) is 42.7 Å². The Balaban J connectivity index is 2.28. The number of ether oxygens (including phenoxy) is 6. The van der Waals surface area contributed by atoms with Crippen molar-refractivity contribution in [1.29, 1.82) is 0 Å². The maximum absolute atomic E-state index is 12.5. The van der Waals surface area contributed by atoms with Crippen LogP contribution in [0.4, 0.5) is 0 Å². The van der Waals surface area contributed by atoms with E-state index in [1.807, 2.05) is 12.1 Å². The van der Waals surface area contributed by atoms with Crippen molar-refractivity contribution >= 4 is 11.8 Å². The number of carbonyl (C=O) groups excluding carboxylic acids is 2. The fourth-order valence-electron chi connectivity index (χ4n) is 3.70. The number of amides is 2. The summed E-state index contributed by atoms with van der Waals surface area (Å²) in [5.74, 6) is 1.13. The number of hydrogen-bond donors (Lipinski definition) is 1. The van der Waals surface area contributed by atoms with Crippen molar-refractivity contribution in [3.63, 3.8) is 0 Å².